The van der Waals surface area contributed by atoms with Gasteiger partial charge in [0.2, 0.25) is 11.8 Å². The van der Waals surface area contributed by atoms with Gasteiger partial charge in [-0.2, -0.15) is 0 Å². The van der Waals surface area contributed by atoms with Gasteiger partial charge in [0.1, 0.15) is 5.75 Å². The number of benzene rings is 2. The zero-order chi connectivity index (χ0) is 20.0. The molecule has 0 saturated carbocycles. The largest absolute Gasteiger partial charge is 0.497 e. The van der Waals surface area contributed by atoms with Gasteiger partial charge in [0.25, 0.3) is 0 Å². The molecule has 0 aliphatic heterocycles. The van der Waals surface area contributed by atoms with Crippen LogP contribution < -0.4 is 15.0 Å². The Morgan fingerprint density at radius 3 is 2.41 bits per heavy atom. The highest BCUT2D eigenvalue weighted by Crippen LogP contribution is 2.29. The summed E-state index contributed by atoms with van der Waals surface area (Å²) in [5, 5.41) is 2.98. The van der Waals surface area contributed by atoms with E-state index in [1.165, 1.54) is 6.92 Å². The van der Waals surface area contributed by atoms with E-state index in [9.17, 15) is 9.59 Å². The van der Waals surface area contributed by atoms with Crippen molar-refractivity contribution in [3.05, 3.63) is 54.1 Å². The zero-order valence-corrected chi connectivity index (χ0v) is 16.7. The molecule has 2 aromatic carbocycles. The van der Waals surface area contributed by atoms with Gasteiger partial charge in [0.05, 0.1) is 7.11 Å². The molecule has 2 amide bonds. The Kier molecular flexibility index (Phi) is 6.61. The molecule has 144 valence electrons. The van der Waals surface area contributed by atoms with E-state index in [2.05, 4.69) is 26.1 Å². The summed E-state index contributed by atoms with van der Waals surface area (Å²) in [6.45, 7) is 8.12. The third-order valence-electron chi connectivity index (χ3n) is 4.32. The van der Waals surface area contributed by atoms with Crippen LogP contribution in [0.1, 0.15) is 39.7 Å². The van der Waals surface area contributed by atoms with Crippen LogP contribution in [0, 0.1) is 0 Å². The molecule has 0 saturated heterocycles. The Labute approximate surface area is 161 Å². The van der Waals surface area contributed by atoms with Crippen molar-refractivity contribution in [3.63, 3.8) is 0 Å². The Balaban J connectivity index is 2.08. The number of nitrogens with one attached hydrogen (secondary N) is 1. The highest BCUT2D eigenvalue weighted by atomic mass is 16.5. The molecular weight excluding hydrogens is 340 g/mol. The molecule has 27 heavy (non-hydrogen) atoms. The van der Waals surface area contributed by atoms with E-state index in [0.29, 0.717) is 18.0 Å². The van der Waals surface area contributed by atoms with E-state index >= 15 is 0 Å². The summed E-state index contributed by atoms with van der Waals surface area (Å²) in [4.78, 5) is 26.1. The molecule has 5 heteroatoms. The molecule has 0 fully saturated rings. The van der Waals surface area contributed by atoms with Crippen LogP contribution in [0.25, 0.3) is 0 Å². The van der Waals surface area contributed by atoms with Crippen molar-refractivity contribution >= 4 is 23.2 Å². The smallest absolute Gasteiger partial charge is 0.226 e. The molecule has 0 unspecified atom stereocenters. The van der Waals surface area contributed by atoms with Gasteiger partial charge in [0.15, 0.2) is 0 Å². The van der Waals surface area contributed by atoms with Crippen molar-refractivity contribution in [1.29, 1.82) is 0 Å². The summed E-state index contributed by atoms with van der Waals surface area (Å²) in [6.07, 6.45) is 0.204. The number of carbonyl (C=O) groups is 2. The van der Waals surface area contributed by atoms with Crippen molar-refractivity contribution in [1.82, 2.24) is 0 Å². The van der Waals surface area contributed by atoms with Gasteiger partial charge in [-0.15, -0.1) is 0 Å². The molecule has 0 aromatic heterocycles. The number of carbonyl (C=O) groups excluding carboxylic acids is 2. The normalized spacial score (nSPS) is 11.0. The monoisotopic (exact) mass is 368 g/mol. The molecule has 2 rings (SSSR count). The first kappa shape index (κ1) is 20.5. The summed E-state index contributed by atoms with van der Waals surface area (Å²) >= 11 is 0. The van der Waals surface area contributed by atoms with E-state index in [4.69, 9.17) is 4.74 Å². The first-order valence-electron chi connectivity index (χ1n) is 9.04. The second-order valence-electron chi connectivity index (χ2n) is 7.47. The number of amides is 2. The van der Waals surface area contributed by atoms with E-state index in [1.54, 1.807) is 18.1 Å². The summed E-state index contributed by atoms with van der Waals surface area (Å²) in [6, 6.07) is 15.1. The number of nitrogens with zero attached hydrogens (tertiary/aromatic N) is 1. The number of rotatable bonds is 6. The Morgan fingerprint density at radius 1 is 1.07 bits per heavy atom. The van der Waals surface area contributed by atoms with Crippen LogP contribution >= 0.6 is 0 Å². The maximum Gasteiger partial charge on any atom is 0.226 e. The second-order valence-corrected chi connectivity index (χ2v) is 7.47. The van der Waals surface area contributed by atoms with Gasteiger partial charge in [0, 0.05) is 37.3 Å². The summed E-state index contributed by atoms with van der Waals surface area (Å²) in [5.41, 5.74) is 2.53. The fourth-order valence-electron chi connectivity index (χ4n) is 2.92. The van der Waals surface area contributed by atoms with E-state index in [0.717, 1.165) is 11.3 Å². The molecule has 1 N–H and O–H groups in total. The quantitative estimate of drug-likeness (QED) is 0.823. The van der Waals surface area contributed by atoms with Crippen molar-refractivity contribution in [2.75, 3.05) is 23.9 Å². The van der Waals surface area contributed by atoms with Crippen LogP contribution in [0.2, 0.25) is 0 Å². The van der Waals surface area contributed by atoms with Crippen LogP contribution in [0.3, 0.4) is 0 Å². The van der Waals surface area contributed by atoms with Crippen molar-refractivity contribution in [2.45, 2.75) is 39.5 Å². The van der Waals surface area contributed by atoms with Gasteiger partial charge in [-0.25, -0.2) is 0 Å². The topological polar surface area (TPSA) is 58.6 Å². The molecule has 0 aliphatic carbocycles. The lowest BCUT2D eigenvalue weighted by Crippen LogP contribution is -2.32. The van der Waals surface area contributed by atoms with Crippen molar-refractivity contribution in [2.24, 2.45) is 0 Å². The first-order chi connectivity index (χ1) is 12.7. The predicted molar refractivity (Wildman–Crippen MR) is 109 cm³/mol. The van der Waals surface area contributed by atoms with Gasteiger partial charge in [-0.3, -0.25) is 9.59 Å². The molecule has 5 nitrogen and oxygen atoms in total. The Morgan fingerprint density at radius 2 is 1.78 bits per heavy atom. The lowest BCUT2D eigenvalue weighted by atomic mass is 9.86. The molecule has 0 bridgehead atoms. The summed E-state index contributed by atoms with van der Waals surface area (Å²) in [7, 11) is 1.58. The molecule has 2 aromatic rings. The minimum absolute atomic E-state index is 0.0735. The van der Waals surface area contributed by atoms with E-state index in [-0.39, 0.29) is 23.7 Å². The highest BCUT2D eigenvalue weighted by Gasteiger charge is 2.19. The molecule has 0 radical (unpaired) electrons. The van der Waals surface area contributed by atoms with Crippen LogP contribution in [0.15, 0.2) is 48.5 Å². The van der Waals surface area contributed by atoms with Gasteiger partial charge in [-0.05, 0) is 29.2 Å². The molecule has 0 heterocycles. The van der Waals surface area contributed by atoms with Gasteiger partial charge < -0.3 is 15.0 Å². The first-order valence-corrected chi connectivity index (χ1v) is 9.04. The number of methoxy groups -OCH3 is 1. The maximum absolute atomic E-state index is 12.5. The number of para-hydroxylation sites is 1. The third kappa shape index (κ3) is 5.58. The van der Waals surface area contributed by atoms with Crippen molar-refractivity contribution in [3.8, 4) is 5.75 Å². The Hall–Kier alpha value is -2.82. The van der Waals surface area contributed by atoms with Crippen molar-refractivity contribution < 1.29 is 14.3 Å². The standard InChI is InChI=1S/C22H28N2O3/c1-16(25)24(17-9-8-10-18(15-17)27-5)14-13-21(26)23-20-12-7-6-11-19(20)22(2,3)4/h6-12,15H,13-14H2,1-5H3,(H,23,26). The number of ether oxygens (including phenoxy) is 1. The fourth-order valence-corrected chi connectivity index (χ4v) is 2.92. The number of hydrogen-bond donors (Lipinski definition) is 1. The zero-order valence-electron chi connectivity index (χ0n) is 16.7. The fraction of sp³-hybridized carbons (Fsp3) is 0.364. The summed E-state index contributed by atoms with van der Waals surface area (Å²) < 4.78 is 5.22. The van der Waals surface area contributed by atoms with Crippen LogP contribution in [0.4, 0.5) is 11.4 Å². The van der Waals surface area contributed by atoms with E-state index in [1.807, 2.05) is 42.5 Å². The predicted octanol–water partition coefficient (Wildman–Crippen LogP) is 4.37. The molecular formula is C22H28N2O3. The average molecular weight is 368 g/mol. The maximum atomic E-state index is 12.5. The van der Waals surface area contributed by atoms with Gasteiger partial charge in [-0.1, -0.05) is 45.0 Å². The summed E-state index contributed by atoms with van der Waals surface area (Å²) in [5.74, 6) is 0.425. The van der Waals surface area contributed by atoms with Crippen LogP contribution in [-0.4, -0.2) is 25.5 Å². The highest BCUT2D eigenvalue weighted by molar-refractivity contribution is 5.95. The third-order valence-corrected chi connectivity index (χ3v) is 4.32. The number of anilines is 2. The molecule has 0 spiro atoms. The second kappa shape index (κ2) is 8.71. The van der Waals surface area contributed by atoms with Crippen LogP contribution in [-0.2, 0) is 15.0 Å². The van der Waals surface area contributed by atoms with E-state index < -0.39 is 0 Å². The molecule has 0 aliphatic rings. The molecule has 0 atom stereocenters. The Bertz CT molecular complexity index is 809. The lowest BCUT2D eigenvalue weighted by molar-refractivity contribution is -0.117. The lowest BCUT2D eigenvalue weighted by Gasteiger charge is -2.24. The van der Waals surface area contributed by atoms with Crippen LogP contribution in [0.5, 0.6) is 5.75 Å². The average Bonchev–Trinajstić information content (AvgIpc) is 2.61. The minimum Gasteiger partial charge on any atom is -0.497 e. The SMILES string of the molecule is COc1cccc(N(CCC(=O)Nc2ccccc2C(C)(C)C)C(C)=O)c1. The van der Waals surface area contributed by atoms with Gasteiger partial charge >= 0.3 is 0 Å². The number of hydrogen-bond acceptors (Lipinski definition) is 3. The minimum atomic E-state index is -0.124.